The molecule has 5 heterocycles. The minimum Gasteiger partial charge on any atom is -0.735 e. The van der Waals surface area contributed by atoms with Crippen LogP contribution in [0.25, 0.3) is 0 Å². The molecule has 9 N–H and O–H groups in total. The van der Waals surface area contributed by atoms with E-state index < -0.39 is 258 Å². The van der Waals surface area contributed by atoms with Crippen LogP contribution in [-0.4, -0.2) is 320 Å². The van der Waals surface area contributed by atoms with Crippen molar-refractivity contribution in [1.29, 1.82) is 0 Å². The molecular weight excluding hydrogens is 1610 g/mol. The van der Waals surface area contributed by atoms with Crippen LogP contribution < -0.4 is 291 Å². The third kappa shape index (κ3) is 34.7. The van der Waals surface area contributed by atoms with E-state index in [0.717, 1.165) is 4.72 Å². The molecule has 0 aromatic carbocycles. The number of aliphatic hydroxyl groups excluding tert-OH is 6. The molecule has 0 aromatic heterocycles. The van der Waals surface area contributed by atoms with Crippen LogP contribution in [0.5, 0.6) is 0 Å². The molecule has 5 saturated heterocycles. The van der Waals surface area contributed by atoms with Gasteiger partial charge in [-0.15, -0.1) is 0 Å². The quantitative estimate of drug-likeness (QED) is 0.0140. The van der Waals surface area contributed by atoms with Crippen molar-refractivity contribution < 1.29 is 480 Å². The van der Waals surface area contributed by atoms with E-state index in [9.17, 15) is 146 Å². The molecule has 1 amide bonds. The van der Waals surface area contributed by atoms with E-state index in [1.54, 1.807) is 0 Å². The maximum atomic E-state index is 12.8. The van der Waals surface area contributed by atoms with Gasteiger partial charge in [0.15, 0.2) is 58.2 Å². The summed E-state index contributed by atoms with van der Waals surface area (Å²) in [4.78, 5) is 36.9. The Balaban J connectivity index is -0.00000320. The molecule has 0 saturated carbocycles. The summed E-state index contributed by atoms with van der Waals surface area (Å²) >= 11 is 0. The summed E-state index contributed by atoms with van der Waals surface area (Å²) in [6.07, 6.45) is -64.3. The molecule has 5 rings (SSSR count). The van der Waals surface area contributed by atoms with Crippen LogP contribution in [0, 0.1) is 0 Å². The van der Waals surface area contributed by atoms with E-state index in [4.69, 9.17) is 47.4 Å². The van der Waals surface area contributed by atoms with Gasteiger partial charge in [-0.05, 0) is 0 Å². The minimum atomic E-state index is -6.63. The van der Waals surface area contributed by atoms with Gasteiger partial charge in [0.1, 0.15) is 116 Å². The number of hydrogen-bond donors (Lipinski definition) is 9. The summed E-state index contributed by atoms with van der Waals surface area (Å²) in [5.74, 6) is -5.40. The largest absolute Gasteiger partial charge is 1.00 e. The van der Waals surface area contributed by atoms with Crippen LogP contribution in [0.3, 0.4) is 0 Å². The van der Waals surface area contributed by atoms with Crippen LogP contribution in [0.4, 0.5) is 0 Å². The third-order valence-corrected chi connectivity index (χ3v) is 15.7. The summed E-state index contributed by atoms with van der Waals surface area (Å²) in [5, 5.41) is 93.9. The van der Waals surface area contributed by atoms with Gasteiger partial charge in [-0.1, -0.05) is 0 Å². The Hall–Kier alpha value is 5.86. The minimum absolute atomic E-state index is 0. The second-order valence-electron chi connectivity index (χ2n) is 18.2. The van der Waals surface area contributed by atoms with E-state index in [1.165, 1.54) is 4.72 Å². The molecule has 98 heavy (non-hydrogen) atoms. The number of carbonyl (C=O) groups is 3. The SMILES string of the molecule is CO[C@H]1O[C@H](COS(=O)(=O)[O-])[C@@H](O[C@@H]2O[C@@H](C(=O)[O-])[C@@H](O[C@H]3O[C@H](COS(=O)(=O)[O-])[C@@H](O[C@@H]4O[C@H](C(=O)[O-])[C@@H](O[C@H]5O[C@H](COS(=O)(=O)[O-])[C@@H](O)[C@H](O)[C@H]5NC=O)[C@H](O)[C@H]4O)[C@H](OS(=O)(=O)[O-])[C@H]3NS(=O)(=O)[O-])[C@H](O)[C@H]2OS(=O)(=O)[O-])[C@H](O)[C@H]1NS(=O)(=O)[O-].[Na+].[Na+].[Na+].[Na+].[Na+].[Na+].[Na+].[Na+].[Na+]. The average molecular weight is 1650 g/mol. The van der Waals surface area contributed by atoms with E-state index >= 15 is 0 Å². The van der Waals surface area contributed by atoms with E-state index in [2.05, 4.69) is 20.9 Å². The fraction of sp³-hybridized carbons (Fsp3) is 0.906. The predicted molar refractivity (Wildman–Crippen MR) is 238 cm³/mol. The first-order valence-corrected chi connectivity index (χ1v) is 32.7. The Labute approximate surface area is 754 Å². The first-order chi connectivity index (χ1) is 40.5. The first kappa shape index (κ1) is 112. The Morgan fingerprint density at radius 2 is 0.745 bits per heavy atom. The van der Waals surface area contributed by atoms with Crippen molar-refractivity contribution in [2.45, 2.75) is 153 Å². The average Bonchev–Trinajstić information content (AvgIpc) is 0.766. The summed E-state index contributed by atoms with van der Waals surface area (Å²) < 4.78 is 324. The van der Waals surface area contributed by atoms with Crippen LogP contribution in [-0.2, 0) is 155 Å². The fourth-order valence-corrected chi connectivity index (χ4v) is 11.9. The number of ether oxygens (including phenoxy) is 10. The number of carbonyl (C=O) groups excluding carboxylic acids is 3. The zero-order chi connectivity index (χ0) is 67.6. The Morgan fingerprint density at radius 1 is 0.388 bits per heavy atom. The molecule has 66 heteroatoms. The summed E-state index contributed by atoms with van der Waals surface area (Å²) in [6.45, 7) is -5.22. The van der Waals surface area contributed by atoms with Gasteiger partial charge in [0.05, 0.1) is 31.8 Å². The molecule has 5 aliphatic rings. The van der Waals surface area contributed by atoms with Gasteiger partial charge in [-0.3, -0.25) is 25.7 Å². The Morgan fingerprint density at radius 3 is 1.15 bits per heavy atom. The molecule has 0 aliphatic carbocycles. The fourth-order valence-electron chi connectivity index (χ4n) is 8.90. The number of aliphatic carboxylic acids is 2. The van der Waals surface area contributed by atoms with Crippen molar-refractivity contribution >= 4 is 91.0 Å². The molecular formula is C32H44N3Na9O47S7. The summed E-state index contributed by atoms with van der Waals surface area (Å²) in [5.41, 5.74) is 0. The molecule has 0 spiro atoms. The van der Waals surface area contributed by atoms with Crippen molar-refractivity contribution in [2.24, 2.45) is 0 Å². The van der Waals surface area contributed by atoms with Crippen molar-refractivity contribution in [3.05, 3.63) is 0 Å². The van der Waals surface area contributed by atoms with E-state index in [1.807, 2.05) is 5.32 Å². The molecule has 0 bridgehead atoms. The number of amides is 1. The normalized spacial score (nSPS) is 35.4. The summed E-state index contributed by atoms with van der Waals surface area (Å²) in [7, 11) is -42.2. The smallest absolute Gasteiger partial charge is 0.735 e. The van der Waals surface area contributed by atoms with E-state index in [0.29, 0.717) is 7.11 Å². The molecule has 50 nitrogen and oxygen atoms in total. The van der Waals surface area contributed by atoms with Crippen LogP contribution in [0.15, 0.2) is 0 Å². The van der Waals surface area contributed by atoms with Crippen LogP contribution >= 0.6 is 0 Å². The van der Waals surface area contributed by atoms with Crippen molar-refractivity contribution in [1.82, 2.24) is 14.8 Å². The number of nitrogens with one attached hydrogen (secondary N) is 3. The van der Waals surface area contributed by atoms with Crippen LogP contribution in [0.2, 0.25) is 0 Å². The molecule has 5 fully saturated rings. The van der Waals surface area contributed by atoms with Crippen molar-refractivity contribution in [2.75, 3.05) is 26.9 Å². The standard InChI is InChI=1S/C32H53N3O47S7.9Na/c1-68-28-10(34-83(47,48)49)14(39)18(7(73-28)3-70-86(56,57)58)75-32-23(82-89(65,66)67)17(42)22(25(80-32)27(45)46)78-30-11(35-84(50,51)52)20(81-88(62,63)64)19(8(74-30)4-71-87(59,60)61)76-31-16(41)15(40)21(24(79-31)26(43)44)77-29-9(33-5-36)13(38)12(37)6(72-29)2-69-85(53,54)55;;;;;;;;;/h5-25,28-32,34-35,37-42H,2-4H2,1H3,(H,33,36)(H,43,44)(H,45,46)(H,47,48,49)(H,50,51,52)(H,53,54,55)(H,56,57,58)(H,59,60,61)(H,62,63,64)(H,65,66,67);;;;;;;;;/q;9*+1/p-9/t6-,7-,8-,9-,10-,11-,12-,13-,14-,15-,16-,17+,18-,19-,20-,21+,22+,23-,24+,25-,28+,29-,30-,31-,32-;;;;;;;;;/m1........./s1. The number of carboxylic acid groups (broad SMARTS) is 2. The van der Waals surface area contributed by atoms with Crippen LogP contribution in [0.1, 0.15) is 0 Å². The molecule has 0 aromatic rings. The van der Waals surface area contributed by atoms with Crippen molar-refractivity contribution in [3.63, 3.8) is 0 Å². The number of hydrogen-bond acceptors (Lipinski definition) is 47. The monoisotopic (exact) mass is 1650 g/mol. The molecule has 5 aliphatic heterocycles. The van der Waals surface area contributed by atoms with E-state index in [-0.39, 0.29) is 272 Å². The zero-order valence-electron chi connectivity index (χ0n) is 51.9. The number of rotatable bonds is 30. The van der Waals surface area contributed by atoms with Gasteiger partial charge >= 0.3 is 266 Å². The van der Waals surface area contributed by atoms with Gasteiger partial charge in [-0.25, -0.2) is 68.4 Å². The number of methoxy groups -OCH3 is 1. The maximum Gasteiger partial charge on any atom is 1.00 e. The van der Waals surface area contributed by atoms with Gasteiger partial charge in [0.2, 0.25) is 58.4 Å². The molecule has 0 radical (unpaired) electrons. The zero-order valence-corrected chi connectivity index (χ0v) is 75.6. The summed E-state index contributed by atoms with van der Waals surface area (Å²) in [6, 6.07) is -7.94. The maximum absolute atomic E-state index is 12.8. The first-order valence-electron chi connectivity index (χ1n) is 23.2. The second-order valence-corrected chi connectivity index (χ2v) is 25.7. The predicted octanol–water partition coefficient (Wildman–Crippen LogP) is -45.4. The Kier molecular flexibility index (Phi) is 53.8. The van der Waals surface area contributed by atoms with Gasteiger partial charge in [-0.2, -0.15) is 0 Å². The molecule has 0 unspecified atom stereocenters. The van der Waals surface area contributed by atoms with Gasteiger partial charge in [0.25, 0.3) is 0 Å². The second kappa shape index (κ2) is 46.9. The Bertz CT molecular complexity index is 3330. The molecule has 25 atom stereocenters. The topological polar surface area (TPSA) is 794 Å². The third-order valence-electron chi connectivity index (χ3n) is 12.4. The van der Waals surface area contributed by atoms with Crippen molar-refractivity contribution in [3.8, 4) is 0 Å². The number of carboxylic acids is 2. The van der Waals surface area contributed by atoms with Gasteiger partial charge < -0.3 is 135 Å². The number of aliphatic hydroxyl groups is 6. The van der Waals surface area contributed by atoms with Gasteiger partial charge in [0, 0.05) is 7.11 Å². The molecule has 520 valence electrons.